The smallest absolute Gasteiger partial charge is 0.0111 e. The Balaban J connectivity index is 1.51. The highest BCUT2D eigenvalue weighted by Crippen LogP contribution is 2.33. The van der Waals surface area contributed by atoms with E-state index in [9.17, 15) is 0 Å². The van der Waals surface area contributed by atoms with Crippen molar-refractivity contribution in [2.24, 2.45) is 5.92 Å². The third-order valence-corrected chi connectivity index (χ3v) is 5.29. The van der Waals surface area contributed by atoms with Crippen LogP contribution in [0.2, 0.25) is 0 Å². The Hall–Kier alpha value is 0.270. The first-order valence-electron chi connectivity index (χ1n) is 6.48. The Bertz CT molecular complexity index is 214. The second kappa shape index (κ2) is 4.64. The first-order valence-corrected chi connectivity index (χ1v) is 7.63. The molecular formula is C12H22N2S. The van der Waals surface area contributed by atoms with Crippen molar-refractivity contribution in [1.29, 1.82) is 0 Å². The first-order chi connectivity index (χ1) is 7.42. The van der Waals surface area contributed by atoms with Gasteiger partial charge in [0.25, 0.3) is 0 Å². The van der Waals surface area contributed by atoms with Gasteiger partial charge in [-0.05, 0) is 43.9 Å². The van der Waals surface area contributed by atoms with Gasteiger partial charge in [-0.15, -0.1) is 0 Å². The van der Waals surface area contributed by atoms with Gasteiger partial charge in [0.1, 0.15) is 0 Å². The van der Waals surface area contributed by atoms with Crippen LogP contribution in [0.3, 0.4) is 0 Å². The topological polar surface area (TPSA) is 15.3 Å². The summed E-state index contributed by atoms with van der Waals surface area (Å²) in [5.41, 5.74) is 0. The molecule has 3 heterocycles. The van der Waals surface area contributed by atoms with E-state index in [4.69, 9.17) is 0 Å². The summed E-state index contributed by atoms with van der Waals surface area (Å²) < 4.78 is 0. The molecule has 3 saturated heterocycles. The molecule has 3 unspecified atom stereocenters. The van der Waals surface area contributed by atoms with Crippen molar-refractivity contribution in [3.63, 3.8) is 0 Å². The fourth-order valence-electron chi connectivity index (χ4n) is 3.45. The average molecular weight is 226 g/mol. The zero-order valence-corrected chi connectivity index (χ0v) is 10.3. The number of fused-ring (bicyclic) bond motifs is 2. The highest BCUT2D eigenvalue weighted by molar-refractivity contribution is 7.99. The molecule has 0 amide bonds. The predicted molar refractivity (Wildman–Crippen MR) is 66.4 cm³/mol. The molecule has 86 valence electrons. The highest BCUT2D eigenvalue weighted by atomic mass is 32.2. The summed E-state index contributed by atoms with van der Waals surface area (Å²) >= 11 is 2.14. The van der Waals surface area contributed by atoms with Crippen LogP contribution < -0.4 is 5.32 Å². The first kappa shape index (κ1) is 10.4. The molecule has 0 aliphatic carbocycles. The van der Waals surface area contributed by atoms with Crippen LogP contribution in [0.1, 0.15) is 25.7 Å². The minimum Gasteiger partial charge on any atom is -0.311 e. The van der Waals surface area contributed by atoms with Crippen molar-refractivity contribution in [3.8, 4) is 0 Å². The lowest BCUT2D eigenvalue weighted by atomic mass is 9.89. The lowest BCUT2D eigenvalue weighted by molar-refractivity contribution is 0.224. The maximum atomic E-state index is 3.75. The Kier molecular flexibility index (Phi) is 3.23. The van der Waals surface area contributed by atoms with Crippen molar-refractivity contribution in [1.82, 2.24) is 10.2 Å². The summed E-state index contributed by atoms with van der Waals surface area (Å²) in [7, 11) is 0. The van der Waals surface area contributed by atoms with Gasteiger partial charge in [0.15, 0.2) is 0 Å². The van der Waals surface area contributed by atoms with E-state index >= 15 is 0 Å². The molecule has 3 aliphatic rings. The van der Waals surface area contributed by atoms with Gasteiger partial charge in [-0.2, -0.15) is 11.8 Å². The van der Waals surface area contributed by atoms with Gasteiger partial charge in [0, 0.05) is 30.9 Å². The molecule has 3 fully saturated rings. The van der Waals surface area contributed by atoms with Gasteiger partial charge in [-0.3, -0.25) is 0 Å². The largest absolute Gasteiger partial charge is 0.311 e. The SMILES string of the molecule is C1CSCCN(CC2CC3CCC2N3)C1. The summed E-state index contributed by atoms with van der Waals surface area (Å²) in [6, 6.07) is 1.74. The quantitative estimate of drug-likeness (QED) is 0.769. The fraction of sp³-hybridized carbons (Fsp3) is 1.00. The van der Waals surface area contributed by atoms with Crippen LogP contribution >= 0.6 is 11.8 Å². The number of nitrogens with zero attached hydrogens (tertiary/aromatic N) is 1. The van der Waals surface area contributed by atoms with Crippen LogP contribution in [0.15, 0.2) is 0 Å². The number of nitrogens with one attached hydrogen (secondary N) is 1. The Morgan fingerprint density at radius 2 is 2.20 bits per heavy atom. The number of rotatable bonds is 2. The second-order valence-corrected chi connectivity index (χ2v) is 6.53. The molecule has 2 nitrogen and oxygen atoms in total. The molecule has 0 aromatic rings. The van der Waals surface area contributed by atoms with Crippen LogP contribution in [-0.2, 0) is 0 Å². The van der Waals surface area contributed by atoms with Crippen LogP contribution in [0, 0.1) is 5.92 Å². The van der Waals surface area contributed by atoms with E-state index in [1.165, 1.54) is 56.8 Å². The third kappa shape index (κ3) is 2.34. The maximum Gasteiger partial charge on any atom is 0.0111 e. The van der Waals surface area contributed by atoms with Crippen LogP contribution in [0.4, 0.5) is 0 Å². The summed E-state index contributed by atoms with van der Waals surface area (Å²) in [6.07, 6.45) is 5.74. The molecule has 0 saturated carbocycles. The molecule has 3 aliphatic heterocycles. The van der Waals surface area contributed by atoms with Gasteiger partial charge in [-0.1, -0.05) is 0 Å². The van der Waals surface area contributed by atoms with Gasteiger partial charge < -0.3 is 10.2 Å². The molecule has 3 atom stereocenters. The third-order valence-electron chi connectivity index (χ3n) is 4.24. The van der Waals surface area contributed by atoms with E-state index in [1.807, 2.05) is 0 Å². The molecule has 15 heavy (non-hydrogen) atoms. The number of hydrogen-bond acceptors (Lipinski definition) is 3. The lowest BCUT2D eigenvalue weighted by Gasteiger charge is -2.27. The zero-order chi connectivity index (χ0) is 10.1. The molecular weight excluding hydrogens is 204 g/mol. The highest BCUT2D eigenvalue weighted by Gasteiger charge is 2.39. The molecule has 0 radical (unpaired) electrons. The molecule has 0 aromatic heterocycles. The van der Waals surface area contributed by atoms with Crippen molar-refractivity contribution in [3.05, 3.63) is 0 Å². The zero-order valence-electron chi connectivity index (χ0n) is 9.45. The van der Waals surface area contributed by atoms with Crippen LogP contribution in [-0.4, -0.2) is 48.1 Å². The summed E-state index contributed by atoms with van der Waals surface area (Å²) in [4.78, 5) is 2.72. The van der Waals surface area contributed by atoms with Gasteiger partial charge >= 0.3 is 0 Å². The molecule has 0 aromatic carbocycles. The maximum absolute atomic E-state index is 3.75. The van der Waals surface area contributed by atoms with Crippen molar-refractivity contribution in [2.75, 3.05) is 31.1 Å². The number of hydrogen-bond donors (Lipinski definition) is 1. The molecule has 3 rings (SSSR count). The van der Waals surface area contributed by atoms with Gasteiger partial charge in [-0.25, -0.2) is 0 Å². The second-order valence-electron chi connectivity index (χ2n) is 5.31. The Morgan fingerprint density at radius 1 is 1.20 bits per heavy atom. The minimum absolute atomic E-state index is 0.867. The predicted octanol–water partition coefficient (Wildman–Crippen LogP) is 1.57. The Morgan fingerprint density at radius 3 is 3.00 bits per heavy atom. The summed E-state index contributed by atoms with van der Waals surface area (Å²) in [5, 5.41) is 3.75. The lowest BCUT2D eigenvalue weighted by Crippen LogP contribution is -2.36. The van der Waals surface area contributed by atoms with E-state index in [0.29, 0.717) is 0 Å². The molecule has 2 bridgehead atoms. The molecule has 1 N–H and O–H groups in total. The normalized spacial score (nSPS) is 42.0. The van der Waals surface area contributed by atoms with E-state index < -0.39 is 0 Å². The van der Waals surface area contributed by atoms with E-state index in [0.717, 1.165) is 18.0 Å². The van der Waals surface area contributed by atoms with E-state index in [2.05, 4.69) is 22.0 Å². The minimum atomic E-state index is 0.867. The van der Waals surface area contributed by atoms with Crippen LogP contribution in [0.25, 0.3) is 0 Å². The fourth-order valence-corrected chi connectivity index (χ4v) is 4.38. The molecule has 3 heteroatoms. The van der Waals surface area contributed by atoms with Crippen molar-refractivity contribution >= 4 is 11.8 Å². The van der Waals surface area contributed by atoms with Gasteiger partial charge in [0.2, 0.25) is 0 Å². The van der Waals surface area contributed by atoms with Gasteiger partial charge in [0.05, 0.1) is 0 Å². The monoisotopic (exact) mass is 226 g/mol. The van der Waals surface area contributed by atoms with Crippen molar-refractivity contribution in [2.45, 2.75) is 37.8 Å². The number of thioether (sulfide) groups is 1. The molecule has 0 spiro atoms. The van der Waals surface area contributed by atoms with E-state index in [1.54, 1.807) is 0 Å². The summed E-state index contributed by atoms with van der Waals surface area (Å²) in [6.45, 7) is 4.05. The van der Waals surface area contributed by atoms with Crippen molar-refractivity contribution < 1.29 is 0 Å². The van der Waals surface area contributed by atoms with Crippen LogP contribution in [0.5, 0.6) is 0 Å². The Labute approximate surface area is 97.2 Å². The summed E-state index contributed by atoms with van der Waals surface area (Å²) in [5.74, 6) is 3.70. The van der Waals surface area contributed by atoms with E-state index in [-0.39, 0.29) is 0 Å². The standard InChI is InChI=1S/C12H22N2S/c1-4-14(5-7-15-6-1)9-10-8-11-2-3-12(10)13-11/h10-13H,1-9H2. The average Bonchev–Trinajstić information content (AvgIpc) is 2.75.